The van der Waals surface area contributed by atoms with Gasteiger partial charge in [-0.05, 0) is 24.3 Å². The zero-order chi connectivity index (χ0) is 14.5. The van der Waals surface area contributed by atoms with Gasteiger partial charge in [0.1, 0.15) is 5.25 Å². The first-order valence-corrected chi connectivity index (χ1v) is 9.09. The van der Waals surface area contributed by atoms with Gasteiger partial charge in [0.25, 0.3) is 0 Å². The highest BCUT2D eigenvalue weighted by atomic mass is 32.2. The molecule has 0 aliphatic heterocycles. The maximum atomic E-state index is 12.3. The summed E-state index contributed by atoms with van der Waals surface area (Å²) in [5, 5.41) is 1.14. The van der Waals surface area contributed by atoms with Crippen LogP contribution in [0.25, 0.3) is 0 Å². The molecule has 1 aromatic heterocycles. The van der Waals surface area contributed by atoms with Crippen molar-refractivity contribution in [2.75, 3.05) is 0 Å². The average Bonchev–Trinajstić information content (AvgIpc) is 2.81. The molecule has 7 heteroatoms. The molecule has 0 saturated heterocycles. The fourth-order valence-electron chi connectivity index (χ4n) is 1.89. The topological polar surface area (TPSA) is 72.2 Å². The summed E-state index contributed by atoms with van der Waals surface area (Å²) in [6, 6.07) is 3.66. The first kappa shape index (κ1) is 16.6. The standard InChI is InChI=1S/C12H20N2O2S3/c1-3-6-9(10-7-5-8-18-10)14-19(15,16)11(4-2)12(13)17/h5,7-9,11,14H,3-4,6H2,1-2H3,(H2,13,17). The van der Waals surface area contributed by atoms with E-state index in [1.54, 1.807) is 18.3 Å². The van der Waals surface area contributed by atoms with Gasteiger partial charge in [0.2, 0.25) is 10.0 Å². The van der Waals surface area contributed by atoms with Gasteiger partial charge in [0.05, 0.1) is 11.0 Å². The van der Waals surface area contributed by atoms with Gasteiger partial charge in [-0.2, -0.15) is 0 Å². The van der Waals surface area contributed by atoms with Crippen LogP contribution in [0.15, 0.2) is 17.5 Å². The van der Waals surface area contributed by atoms with E-state index in [1.165, 1.54) is 0 Å². The van der Waals surface area contributed by atoms with Crippen molar-refractivity contribution in [3.63, 3.8) is 0 Å². The number of nitrogens with one attached hydrogen (secondary N) is 1. The largest absolute Gasteiger partial charge is 0.392 e. The highest BCUT2D eigenvalue weighted by molar-refractivity contribution is 7.93. The van der Waals surface area contributed by atoms with E-state index in [-0.39, 0.29) is 11.0 Å². The Balaban J connectivity index is 2.92. The monoisotopic (exact) mass is 320 g/mol. The molecule has 0 bridgehead atoms. The second-order valence-electron chi connectivity index (χ2n) is 4.32. The lowest BCUT2D eigenvalue weighted by atomic mass is 10.1. The fraction of sp³-hybridized carbons (Fsp3) is 0.583. The Hall–Kier alpha value is -0.500. The van der Waals surface area contributed by atoms with Crippen molar-refractivity contribution in [1.82, 2.24) is 4.72 Å². The molecule has 1 heterocycles. The fourth-order valence-corrected chi connectivity index (χ4v) is 4.88. The number of hydrogen-bond donors (Lipinski definition) is 2. The van der Waals surface area contributed by atoms with Crippen LogP contribution in [0.3, 0.4) is 0 Å². The molecule has 0 aliphatic rings. The van der Waals surface area contributed by atoms with Crippen molar-refractivity contribution in [2.45, 2.75) is 44.4 Å². The van der Waals surface area contributed by atoms with E-state index in [0.717, 1.165) is 17.7 Å². The minimum atomic E-state index is -3.53. The van der Waals surface area contributed by atoms with Gasteiger partial charge in [0, 0.05) is 4.88 Å². The lowest BCUT2D eigenvalue weighted by molar-refractivity contribution is 0.535. The van der Waals surface area contributed by atoms with Gasteiger partial charge in [0.15, 0.2) is 0 Å². The summed E-state index contributed by atoms with van der Waals surface area (Å²) in [6.45, 7) is 3.79. The Morgan fingerprint density at radius 3 is 2.63 bits per heavy atom. The molecule has 1 rings (SSSR count). The van der Waals surface area contributed by atoms with Crippen molar-refractivity contribution in [3.8, 4) is 0 Å². The normalized spacial score (nSPS) is 15.1. The summed E-state index contributed by atoms with van der Waals surface area (Å²) in [7, 11) is -3.53. The van der Waals surface area contributed by atoms with Crippen LogP contribution in [0.1, 0.15) is 44.0 Å². The van der Waals surface area contributed by atoms with Gasteiger partial charge in [-0.25, -0.2) is 13.1 Å². The first-order valence-electron chi connectivity index (χ1n) is 6.26. The Kier molecular flexibility index (Phi) is 6.38. The van der Waals surface area contributed by atoms with Crippen LogP contribution < -0.4 is 10.5 Å². The van der Waals surface area contributed by atoms with E-state index >= 15 is 0 Å². The van der Waals surface area contributed by atoms with Crippen LogP contribution in [0.2, 0.25) is 0 Å². The SMILES string of the molecule is CCCC(NS(=O)(=O)C(CC)C(N)=S)c1cccs1. The minimum Gasteiger partial charge on any atom is -0.392 e. The molecule has 108 valence electrons. The Morgan fingerprint density at radius 1 is 1.53 bits per heavy atom. The maximum absolute atomic E-state index is 12.3. The van der Waals surface area contributed by atoms with Crippen molar-refractivity contribution < 1.29 is 8.42 Å². The molecule has 4 nitrogen and oxygen atoms in total. The summed E-state index contributed by atoms with van der Waals surface area (Å²) in [5.41, 5.74) is 5.52. The highest BCUT2D eigenvalue weighted by Crippen LogP contribution is 2.25. The summed E-state index contributed by atoms with van der Waals surface area (Å²) in [6.07, 6.45) is 2.04. The number of thiocarbonyl (C=S) groups is 1. The molecule has 2 atom stereocenters. The van der Waals surface area contributed by atoms with Crippen LogP contribution >= 0.6 is 23.6 Å². The second kappa shape index (κ2) is 7.33. The molecule has 0 radical (unpaired) electrons. The summed E-state index contributed by atoms with van der Waals surface area (Å²) in [4.78, 5) is 1.04. The summed E-state index contributed by atoms with van der Waals surface area (Å²) < 4.78 is 27.4. The molecule has 0 fully saturated rings. The van der Waals surface area contributed by atoms with Crippen LogP contribution in [-0.4, -0.2) is 18.7 Å². The third-order valence-electron chi connectivity index (χ3n) is 2.83. The lowest BCUT2D eigenvalue weighted by Crippen LogP contribution is -2.42. The Bertz CT molecular complexity index is 497. The first-order chi connectivity index (χ1) is 8.92. The number of nitrogens with two attached hydrogens (primary N) is 1. The molecular formula is C12H20N2O2S3. The Labute approximate surface area is 124 Å². The molecule has 0 amide bonds. The molecule has 1 aromatic rings. The second-order valence-corrected chi connectivity index (χ2v) is 7.66. The molecule has 0 aliphatic carbocycles. The molecule has 0 aromatic carbocycles. The van der Waals surface area contributed by atoms with E-state index in [2.05, 4.69) is 4.72 Å². The van der Waals surface area contributed by atoms with E-state index in [0.29, 0.717) is 6.42 Å². The van der Waals surface area contributed by atoms with Gasteiger partial charge >= 0.3 is 0 Å². The van der Waals surface area contributed by atoms with E-state index < -0.39 is 15.3 Å². The van der Waals surface area contributed by atoms with Crippen molar-refractivity contribution in [1.29, 1.82) is 0 Å². The van der Waals surface area contributed by atoms with Crippen LogP contribution in [0.4, 0.5) is 0 Å². The van der Waals surface area contributed by atoms with Crippen LogP contribution in [0.5, 0.6) is 0 Å². The number of thiophene rings is 1. The molecule has 19 heavy (non-hydrogen) atoms. The van der Waals surface area contributed by atoms with Gasteiger partial charge in [-0.3, -0.25) is 0 Å². The third kappa shape index (κ3) is 4.52. The van der Waals surface area contributed by atoms with E-state index in [4.69, 9.17) is 18.0 Å². The van der Waals surface area contributed by atoms with Gasteiger partial charge in [-0.1, -0.05) is 38.6 Å². The molecule has 0 spiro atoms. The van der Waals surface area contributed by atoms with Gasteiger partial charge in [-0.15, -0.1) is 11.3 Å². The van der Waals surface area contributed by atoms with Crippen molar-refractivity contribution >= 4 is 38.6 Å². The molecule has 0 saturated carbocycles. The number of hydrogen-bond acceptors (Lipinski definition) is 4. The van der Waals surface area contributed by atoms with Gasteiger partial charge < -0.3 is 5.73 Å². The number of rotatable bonds is 8. The average molecular weight is 321 g/mol. The lowest BCUT2D eigenvalue weighted by Gasteiger charge is -2.21. The quantitative estimate of drug-likeness (QED) is 0.722. The zero-order valence-electron chi connectivity index (χ0n) is 11.1. The third-order valence-corrected chi connectivity index (χ3v) is 6.20. The summed E-state index contributed by atoms with van der Waals surface area (Å²) >= 11 is 6.39. The van der Waals surface area contributed by atoms with Crippen molar-refractivity contribution in [2.24, 2.45) is 5.73 Å². The zero-order valence-corrected chi connectivity index (χ0v) is 13.6. The Morgan fingerprint density at radius 2 is 2.21 bits per heavy atom. The van der Waals surface area contributed by atoms with E-state index in [9.17, 15) is 8.42 Å². The summed E-state index contributed by atoms with van der Waals surface area (Å²) in [5.74, 6) is 0. The smallest absolute Gasteiger partial charge is 0.221 e. The minimum absolute atomic E-state index is 0.0245. The predicted octanol–water partition coefficient (Wildman–Crippen LogP) is 2.57. The predicted molar refractivity (Wildman–Crippen MR) is 84.9 cm³/mol. The molecule has 2 unspecified atom stereocenters. The molecular weight excluding hydrogens is 300 g/mol. The van der Waals surface area contributed by atoms with Crippen LogP contribution in [-0.2, 0) is 10.0 Å². The maximum Gasteiger partial charge on any atom is 0.221 e. The number of sulfonamides is 1. The van der Waals surface area contributed by atoms with Crippen LogP contribution in [0, 0.1) is 0 Å². The molecule has 3 N–H and O–H groups in total. The highest BCUT2D eigenvalue weighted by Gasteiger charge is 2.29. The van der Waals surface area contributed by atoms with E-state index in [1.807, 2.05) is 24.4 Å². The van der Waals surface area contributed by atoms with Crippen molar-refractivity contribution in [3.05, 3.63) is 22.4 Å².